The van der Waals surface area contributed by atoms with Crippen LogP contribution in [-0.2, 0) is 5.60 Å². The van der Waals surface area contributed by atoms with E-state index in [4.69, 9.17) is 0 Å². The van der Waals surface area contributed by atoms with E-state index in [0.717, 1.165) is 18.9 Å². The monoisotopic (exact) mass is 228 g/mol. The van der Waals surface area contributed by atoms with Gasteiger partial charge in [0.2, 0.25) is 0 Å². The summed E-state index contributed by atoms with van der Waals surface area (Å²) < 4.78 is 26.2. The lowest BCUT2D eigenvalue weighted by Crippen LogP contribution is -2.25. The largest absolute Gasteiger partial charge is 0.385 e. The first-order chi connectivity index (χ1) is 7.51. The van der Waals surface area contributed by atoms with Crippen LogP contribution in [0.5, 0.6) is 0 Å². The molecular weight excluding hydrogens is 210 g/mol. The third-order valence-electron chi connectivity index (χ3n) is 2.73. The summed E-state index contributed by atoms with van der Waals surface area (Å²) in [6.07, 6.45) is 2.58. The Hall–Kier alpha value is -0.960. The summed E-state index contributed by atoms with van der Waals surface area (Å²) in [5.41, 5.74) is -0.763. The highest BCUT2D eigenvalue weighted by Crippen LogP contribution is 2.32. The van der Waals surface area contributed by atoms with Crippen LogP contribution in [0.4, 0.5) is 8.78 Å². The number of benzene rings is 1. The molecule has 0 aliphatic heterocycles. The van der Waals surface area contributed by atoms with Gasteiger partial charge >= 0.3 is 0 Å². The van der Waals surface area contributed by atoms with Crippen molar-refractivity contribution in [2.24, 2.45) is 0 Å². The van der Waals surface area contributed by atoms with Gasteiger partial charge in [0.05, 0.1) is 5.60 Å². The second-order valence-corrected chi connectivity index (χ2v) is 4.19. The van der Waals surface area contributed by atoms with Crippen LogP contribution in [0.25, 0.3) is 0 Å². The van der Waals surface area contributed by atoms with Gasteiger partial charge in [-0.25, -0.2) is 8.78 Å². The molecule has 1 aromatic carbocycles. The van der Waals surface area contributed by atoms with Gasteiger partial charge in [-0.1, -0.05) is 26.7 Å². The molecule has 0 aliphatic carbocycles. The van der Waals surface area contributed by atoms with Gasteiger partial charge in [0, 0.05) is 6.07 Å². The summed E-state index contributed by atoms with van der Waals surface area (Å²) in [6.45, 7) is 3.88. The Balaban J connectivity index is 3.09. The zero-order valence-electron chi connectivity index (χ0n) is 9.76. The van der Waals surface area contributed by atoms with E-state index >= 15 is 0 Å². The molecule has 0 heterocycles. The normalized spacial score (nSPS) is 11.8. The third-order valence-corrected chi connectivity index (χ3v) is 2.73. The van der Waals surface area contributed by atoms with Crippen molar-refractivity contribution < 1.29 is 13.9 Å². The Morgan fingerprint density at radius 2 is 1.44 bits per heavy atom. The van der Waals surface area contributed by atoms with E-state index in [1.807, 2.05) is 13.8 Å². The first-order valence-electron chi connectivity index (χ1n) is 5.70. The molecule has 0 fully saturated rings. The molecule has 3 heteroatoms. The summed E-state index contributed by atoms with van der Waals surface area (Å²) in [6, 6.07) is 3.25. The van der Waals surface area contributed by atoms with Gasteiger partial charge in [-0.05, 0) is 30.5 Å². The summed E-state index contributed by atoms with van der Waals surface area (Å²) in [4.78, 5) is 0. The van der Waals surface area contributed by atoms with Crippen molar-refractivity contribution in [1.29, 1.82) is 0 Å². The average molecular weight is 228 g/mol. The van der Waals surface area contributed by atoms with E-state index in [1.54, 1.807) is 0 Å². The minimum Gasteiger partial charge on any atom is -0.385 e. The minimum atomic E-state index is -1.10. The molecular formula is C13H18F2O. The Labute approximate surface area is 95.1 Å². The first kappa shape index (κ1) is 13.1. The second-order valence-electron chi connectivity index (χ2n) is 4.19. The lowest BCUT2D eigenvalue weighted by Gasteiger charge is -2.28. The van der Waals surface area contributed by atoms with Crippen LogP contribution in [0.1, 0.15) is 45.1 Å². The van der Waals surface area contributed by atoms with Gasteiger partial charge < -0.3 is 5.11 Å². The molecule has 0 atom stereocenters. The summed E-state index contributed by atoms with van der Waals surface area (Å²) >= 11 is 0. The van der Waals surface area contributed by atoms with Gasteiger partial charge in [-0.3, -0.25) is 0 Å². The number of hydrogen-bond donors (Lipinski definition) is 1. The van der Waals surface area contributed by atoms with Crippen molar-refractivity contribution in [1.82, 2.24) is 0 Å². The molecule has 1 N–H and O–H groups in total. The Kier molecular flexibility index (Phi) is 4.42. The van der Waals surface area contributed by atoms with E-state index in [-0.39, 0.29) is 0 Å². The summed E-state index contributed by atoms with van der Waals surface area (Å²) in [7, 11) is 0. The fourth-order valence-electron chi connectivity index (χ4n) is 2.06. The highest BCUT2D eigenvalue weighted by Gasteiger charge is 2.28. The van der Waals surface area contributed by atoms with Crippen molar-refractivity contribution in [3.63, 3.8) is 0 Å². The molecule has 0 spiro atoms. The van der Waals surface area contributed by atoms with Crippen molar-refractivity contribution >= 4 is 0 Å². The molecule has 0 saturated heterocycles. The van der Waals surface area contributed by atoms with Gasteiger partial charge in [-0.2, -0.15) is 0 Å². The smallest absolute Gasteiger partial charge is 0.126 e. The van der Waals surface area contributed by atoms with Gasteiger partial charge in [-0.15, -0.1) is 0 Å². The molecule has 0 radical (unpaired) electrons. The quantitative estimate of drug-likeness (QED) is 0.813. The molecule has 1 aromatic rings. The minimum absolute atomic E-state index is 0.341. The highest BCUT2D eigenvalue weighted by molar-refractivity contribution is 5.24. The molecule has 0 saturated carbocycles. The maximum atomic E-state index is 13.1. The van der Waals surface area contributed by atoms with E-state index in [0.29, 0.717) is 18.4 Å². The van der Waals surface area contributed by atoms with Crippen molar-refractivity contribution in [2.75, 3.05) is 0 Å². The van der Waals surface area contributed by atoms with Gasteiger partial charge in [0.1, 0.15) is 11.6 Å². The Morgan fingerprint density at radius 1 is 1.00 bits per heavy atom. The van der Waals surface area contributed by atoms with Crippen molar-refractivity contribution in [3.8, 4) is 0 Å². The average Bonchev–Trinajstić information content (AvgIpc) is 2.16. The summed E-state index contributed by atoms with van der Waals surface area (Å²) in [5.74, 6) is -1.28. The van der Waals surface area contributed by atoms with Gasteiger partial charge in [0.25, 0.3) is 0 Å². The fraction of sp³-hybridized carbons (Fsp3) is 0.538. The van der Waals surface area contributed by atoms with Crippen LogP contribution in [0.3, 0.4) is 0 Å². The molecule has 1 rings (SSSR count). The van der Waals surface area contributed by atoms with Crippen LogP contribution in [0.15, 0.2) is 18.2 Å². The number of hydrogen-bond acceptors (Lipinski definition) is 1. The van der Waals surface area contributed by atoms with Crippen LogP contribution >= 0.6 is 0 Å². The molecule has 0 aliphatic rings. The predicted octanol–water partition coefficient (Wildman–Crippen LogP) is 3.75. The van der Waals surface area contributed by atoms with Crippen LogP contribution in [-0.4, -0.2) is 5.11 Å². The van der Waals surface area contributed by atoms with E-state index < -0.39 is 17.2 Å². The zero-order chi connectivity index (χ0) is 12.2. The molecule has 1 nitrogen and oxygen atoms in total. The number of halogens is 2. The van der Waals surface area contributed by atoms with E-state index in [9.17, 15) is 13.9 Å². The SMILES string of the molecule is CCCC(O)(CCC)c1cc(F)cc(F)c1. The maximum absolute atomic E-state index is 13.1. The zero-order valence-corrected chi connectivity index (χ0v) is 9.76. The topological polar surface area (TPSA) is 20.2 Å². The number of rotatable bonds is 5. The molecule has 0 bridgehead atoms. The highest BCUT2D eigenvalue weighted by atomic mass is 19.1. The van der Waals surface area contributed by atoms with Gasteiger partial charge in [0.15, 0.2) is 0 Å². The Bertz CT molecular complexity index is 324. The maximum Gasteiger partial charge on any atom is 0.126 e. The lowest BCUT2D eigenvalue weighted by atomic mass is 9.85. The fourth-order valence-corrected chi connectivity index (χ4v) is 2.06. The molecule has 0 amide bonds. The standard InChI is InChI=1S/C13H18F2O/c1-3-5-13(16,6-4-2)10-7-11(14)9-12(15)8-10/h7-9,16H,3-6H2,1-2H3. The van der Waals surface area contributed by atoms with E-state index in [1.165, 1.54) is 12.1 Å². The molecule has 90 valence electrons. The van der Waals surface area contributed by atoms with Crippen molar-refractivity contribution in [2.45, 2.75) is 45.1 Å². The summed E-state index contributed by atoms with van der Waals surface area (Å²) in [5, 5.41) is 10.4. The van der Waals surface area contributed by atoms with Crippen LogP contribution < -0.4 is 0 Å². The second kappa shape index (κ2) is 5.39. The number of aliphatic hydroxyl groups is 1. The van der Waals surface area contributed by atoms with Crippen LogP contribution in [0.2, 0.25) is 0 Å². The molecule has 0 unspecified atom stereocenters. The molecule has 16 heavy (non-hydrogen) atoms. The lowest BCUT2D eigenvalue weighted by molar-refractivity contribution is 0.0164. The van der Waals surface area contributed by atoms with E-state index in [2.05, 4.69) is 0 Å². The Morgan fingerprint density at radius 3 is 1.81 bits per heavy atom. The first-order valence-corrected chi connectivity index (χ1v) is 5.70. The third kappa shape index (κ3) is 3.01. The molecule has 0 aromatic heterocycles. The van der Waals surface area contributed by atoms with Crippen LogP contribution in [0, 0.1) is 11.6 Å². The van der Waals surface area contributed by atoms with Crippen molar-refractivity contribution in [3.05, 3.63) is 35.4 Å². The predicted molar refractivity (Wildman–Crippen MR) is 60.1 cm³/mol.